The number of carbonyl (C=O) groups excluding carboxylic acids is 1. The van der Waals surface area contributed by atoms with E-state index in [1.807, 2.05) is 0 Å². The van der Waals surface area contributed by atoms with Gasteiger partial charge in [-0.3, -0.25) is 14.3 Å². The minimum Gasteiger partial charge on any atom is -0.452 e. The van der Waals surface area contributed by atoms with Crippen LogP contribution in [-0.4, -0.2) is 30.2 Å². The van der Waals surface area contributed by atoms with Crippen LogP contribution >= 0.6 is 0 Å². The first-order chi connectivity index (χ1) is 18.9. The number of pyridine rings is 1. The number of nitrogens with one attached hydrogen (secondary N) is 1. The number of halogens is 4. The highest BCUT2D eigenvalue weighted by atomic mass is 19.4. The molecule has 3 N–H and O–H groups in total. The molecule has 5 aromatic rings. The number of rotatable bonds is 6. The second-order valence-corrected chi connectivity index (χ2v) is 9.33. The molecule has 0 atom stereocenters. The maximum atomic E-state index is 15.3. The number of imidazole rings is 1. The second-order valence-electron chi connectivity index (χ2n) is 9.33. The highest BCUT2D eigenvalue weighted by Gasteiger charge is 2.42. The van der Waals surface area contributed by atoms with Gasteiger partial charge in [-0.1, -0.05) is 17.7 Å². The number of aromatic amines is 1. The van der Waals surface area contributed by atoms with Crippen molar-refractivity contribution < 1.29 is 27.1 Å². The summed E-state index contributed by atoms with van der Waals surface area (Å²) >= 11 is 0. The van der Waals surface area contributed by atoms with E-state index >= 15 is 4.39 Å². The first kappa shape index (κ1) is 26.7. The van der Waals surface area contributed by atoms with Crippen molar-refractivity contribution >= 4 is 17.1 Å². The molecule has 0 bridgehead atoms. The van der Waals surface area contributed by atoms with E-state index in [9.17, 15) is 22.8 Å². The fraction of sp³-hybridized carbons (Fsp3) is 0.185. The Bertz CT molecular complexity index is 1820. The third kappa shape index (κ3) is 4.59. The Labute approximate surface area is 223 Å². The lowest BCUT2D eigenvalue weighted by Crippen LogP contribution is -2.21. The van der Waals surface area contributed by atoms with Crippen molar-refractivity contribution in [3.05, 3.63) is 87.9 Å². The zero-order valence-corrected chi connectivity index (χ0v) is 21.4. The fourth-order valence-corrected chi connectivity index (χ4v) is 4.44. The average Bonchev–Trinajstić information content (AvgIpc) is 3.44. The van der Waals surface area contributed by atoms with E-state index in [0.29, 0.717) is 10.2 Å². The highest BCUT2D eigenvalue weighted by molar-refractivity contribution is 6.00. The van der Waals surface area contributed by atoms with Crippen LogP contribution in [0.25, 0.3) is 28.1 Å². The predicted octanol–water partition coefficient (Wildman–Crippen LogP) is 5.52. The van der Waals surface area contributed by atoms with Crippen LogP contribution in [0.2, 0.25) is 0 Å². The molecule has 3 heterocycles. The number of amides is 1. The van der Waals surface area contributed by atoms with Crippen molar-refractivity contribution in [3.63, 3.8) is 0 Å². The van der Waals surface area contributed by atoms with E-state index in [1.54, 1.807) is 32.9 Å². The molecule has 3 aromatic heterocycles. The number of ether oxygens (including phenoxy) is 1. The number of alkyl halides is 3. The summed E-state index contributed by atoms with van der Waals surface area (Å²) in [5.41, 5.74) is 3.49. The lowest BCUT2D eigenvalue weighted by atomic mass is 10.0. The first-order valence-electron chi connectivity index (χ1n) is 12.0. The third-order valence-corrected chi connectivity index (χ3v) is 6.19. The van der Waals surface area contributed by atoms with Gasteiger partial charge in [0.1, 0.15) is 11.2 Å². The Kier molecular flexibility index (Phi) is 6.44. The first-order valence-corrected chi connectivity index (χ1v) is 12.0. The number of hydrogen-bond acceptors (Lipinski definition) is 5. The maximum Gasteiger partial charge on any atom is 0.434 e. The van der Waals surface area contributed by atoms with Crippen LogP contribution in [0.4, 0.5) is 17.6 Å². The van der Waals surface area contributed by atoms with Gasteiger partial charge in [-0.05, 0) is 51.1 Å². The highest BCUT2D eigenvalue weighted by Crippen LogP contribution is 2.39. The molecule has 0 aliphatic heterocycles. The van der Waals surface area contributed by atoms with Gasteiger partial charge in [0.05, 0.1) is 11.3 Å². The molecular formula is C27H22F4N6O3. The Morgan fingerprint density at radius 1 is 1.07 bits per heavy atom. The van der Waals surface area contributed by atoms with Crippen LogP contribution in [0.3, 0.4) is 0 Å². The van der Waals surface area contributed by atoms with E-state index in [0.717, 1.165) is 11.6 Å². The molecule has 0 spiro atoms. The van der Waals surface area contributed by atoms with Gasteiger partial charge in [0.15, 0.2) is 28.7 Å². The monoisotopic (exact) mass is 554 g/mol. The molecule has 2 aromatic carbocycles. The summed E-state index contributed by atoms with van der Waals surface area (Å²) in [7, 11) is 0. The Morgan fingerprint density at radius 3 is 2.38 bits per heavy atom. The molecule has 0 saturated heterocycles. The van der Waals surface area contributed by atoms with Crippen molar-refractivity contribution in [2.45, 2.75) is 33.0 Å². The smallest absolute Gasteiger partial charge is 0.434 e. The van der Waals surface area contributed by atoms with Gasteiger partial charge in [-0.2, -0.15) is 18.3 Å². The fourth-order valence-electron chi connectivity index (χ4n) is 4.44. The van der Waals surface area contributed by atoms with Gasteiger partial charge in [0.2, 0.25) is 0 Å². The lowest BCUT2D eigenvalue weighted by molar-refractivity contribution is -0.143. The molecule has 206 valence electrons. The number of H-pyrrole nitrogens is 1. The molecule has 9 nitrogen and oxygen atoms in total. The molecule has 0 unspecified atom stereocenters. The number of nitrogens with zero attached hydrogens (tertiary/aromatic N) is 4. The van der Waals surface area contributed by atoms with Crippen molar-refractivity contribution in [1.82, 2.24) is 24.3 Å². The maximum absolute atomic E-state index is 15.3. The summed E-state index contributed by atoms with van der Waals surface area (Å²) < 4.78 is 65.6. The molecular weight excluding hydrogens is 532 g/mol. The molecule has 0 saturated carbocycles. The van der Waals surface area contributed by atoms with Crippen LogP contribution in [-0.2, 0) is 6.18 Å². The van der Waals surface area contributed by atoms with Crippen molar-refractivity contribution in [2.24, 2.45) is 5.73 Å². The van der Waals surface area contributed by atoms with Crippen molar-refractivity contribution in [2.75, 3.05) is 0 Å². The average molecular weight is 555 g/mol. The molecule has 0 fully saturated rings. The van der Waals surface area contributed by atoms with E-state index in [4.69, 9.17) is 10.5 Å². The Hall–Kier alpha value is -4.94. The summed E-state index contributed by atoms with van der Waals surface area (Å²) in [6, 6.07) is 10.5. The third-order valence-electron chi connectivity index (χ3n) is 6.19. The summed E-state index contributed by atoms with van der Waals surface area (Å²) in [6.45, 7) is 5.32. The number of benzene rings is 2. The van der Waals surface area contributed by atoms with E-state index in [-0.39, 0.29) is 34.4 Å². The summed E-state index contributed by atoms with van der Waals surface area (Å²) in [6.07, 6.45) is -3.63. The van der Waals surface area contributed by atoms with Crippen LogP contribution < -0.4 is 16.2 Å². The molecule has 0 aliphatic rings. The quantitative estimate of drug-likeness (QED) is 0.268. The zero-order chi connectivity index (χ0) is 28.9. The normalized spacial score (nSPS) is 11.9. The van der Waals surface area contributed by atoms with Gasteiger partial charge >= 0.3 is 11.9 Å². The lowest BCUT2D eigenvalue weighted by Gasteiger charge is -2.12. The number of nitrogens with two attached hydrogens (primary N) is 1. The number of hydrogen-bond donors (Lipinski definition) is 2. The molecule has 0 aliphatic carbocycles. The van der Waals surface area contributed by atoms with E-state index < -0.39 is 40.5 Å². The summed E-state index contributed by atoms with van der Waals surface area (Å²) in [4.78, 5) is 31.4. The topological polar surface area (TPSA) is 121 Å². The summed E-state index contributed by atoms with van der Waals surface area (Å²) in [5.74, 6) is -2.48. The minimum atomic E-state index is -5.00. The molecule has 5 rings (SSSR count). The van der Waals surface area contributed by atoms with Crippen LogP contribution in [0, 0.1) is 12.7 Å². The van der Waals surface area contributed by atoms with Gasteiger partial charge in [0, 0.05) is 23.9 Å². The number of fused-ring (bicyclic) bond motifs is 1. The second kappa shape index (κ2) is 9.67. The van der Waals surface area contributed by atoms with Crippen LogP contribution in [0.1, 0.15) is 41.5 Å². The molecule has 40 heavy (non-hydrogen) atoms. The SMILES string of the molecule is Cc1ccc(-n2nc(-c3ccc(Oc4ccnc5[nH]c(=O)n(C(C)C)c45)c(F)c3)c(C(N)=O)c2C(F)(F)F)cc1. The molecule has 1 amide bonds. The number of aryl methyl sites for hydroxylation is 1. The molecule has 13 heteroatoms. The van der Waals surface area contributed by atoms with Crippen molar-refractivity contribution in [1.29, 1.82) is 0 Å². The summed E-state index contributed by atoms with van der Waals surface area (Å²) in [5, 5.41) is 4.04. The number of aromatic nitrogens is 5. The van der Waals surface area contributed by atoms with Gasteiger partial charge in [-0.15, -0.1) is 0 Å². The Morgan fingerprint density at radius 2 is 1.77 bits per heavy atom. The predicted molar refractivity (Wildman–Crippen MR) is 138 cm³/mol. The van der Waals surface area contributed by atoms with E-state index in [2.05, 4.69) is 15.1 Å². The Balaban J connectivity index is 1.62. The number of carbonyl (C=O) groups is 1. The standard InChI is InChI=1S/C27H22F4N6O3/c1-13(2)36-22-19(10-11-33-25(22)34-26(36)39)40-18-9-6-15(12-17(18)28)21-20(24(32)38)23(27(29,30)31)37(35-21)16-7-4-14(3)5-8-16/h4-13H,1-3H3,(H2,32,38)(H,33,34,39). The van der Waals surface area contributed by atoms with Gasteiger partial charge < -0.3 is 10.5 Å². The van der Waals surface area contributed by atoms with Gasteiger partial charge in [-0.25, -0.2) is 18.9 Å². The van der Waals surface area contributed by atoms with E-state index in [1.165, 1.54) is 41.1 Å². The number of primary amides is 1. The zero-order valence-electron chi connectivity index (χ0n) is 21.4. The largest absolute Gasteiger partial charge is 0.452 e. The van der Waals surface area contributed by atoms with Crippen molar-refractivity contribution in [3.8, 4) is 28.4 Å². The van der Waals surface area contributed by atoms with Gasteiger partial charge in [0.25, 0.3) is 5.91 Å². The van der Waals surface area contributed by atoms with Crippen LogP contribution in [0.15, 0.2) is 59.5 Å². The molecule has 0 radical (unpaired) electrons. The minimum absolute atomic E-state index is 0.0384. The van der Waals surface area contributed by atoms with Crippen LogP contribution in [0.5, 0.6) is 11.5 Å².